The number of carbonyl (C=O) groups excluding carboxylic acids is 2. The molecule has 0 bridgehead atoms. The minimum absolute atomic E-state index is 0.118. The summed E-state index contributed by atoms with van der Waals surface area (Å²) in [5.74, 6) is -1.81. The van der Waals surface area contributed by atoms with Gasteiger partial charge < -0.3 is 10.1 Å². The largest absolute Gasteiger partial charge is 0.452 e. The van der Waals surface area contributed by atoms with Gasteiger partial charge in [-0.3, -0.25) is 4.79 Å². The second-order valence-corrected chi connectivity index (χ2v) is 5.55. The number of benzene rings is 2. The maximum atomic E-state index is 13.1. The number of nitrogens with zero attached hydrogens (tertiary/aromatic N) is 3. The van der Waals surface area contributed by atoms with Crippen molar-refractivity contribution in [3.63, 3.8) is 0 Å². The minimum Gasteiger partial charge on any atom is -0.452 e. The van der Waals surface area contributed by atoms with Gasteiger partial charge in [0.15, 0.2) is 6.61 Å². The molecule has 3 aromatic rings. The number of rotatable bonds is 5. The summed E-state index contributed by atoms with van der Waals surface area (Å²) in [6, 6.07) is 10.2. The Morgan fingerprint density at radius 2 is 1.96 bits per heavy atom. The van der Waals surface area contributed by atoms with Crippen molar-refractivity contribution < 1.29 is 18.7 Å². The summed E-state index contributed by atoms with van der Waals surface area (Å²) in [6.07, 6.45) is 2.93. The molecule has 2 aromatic carbocycles. The minimum atomic E-state index is -0.651. The van der Waals surface area contributed by atoms with Gasteiger partial charge in [-0.15, -0.1) is 0 Å². The standard InChI is InChI=1S/C17H12ClFN4O3/c18-14-7-12(3-6-15(14)19)22-16(24)8-26-17(25)11-1-4-13(5-2-11)23-10-20-9-21-23/h1-7,9-10H,8H2,(H,22,24). The highest BCUT2D eigenvalue weighted by Crippen LogP contribution is 2.19. The normalized spacial score (nSPS) is 10.4. The molecule has 132 valence electrons. The molecule has 1 heterocycles. The molecule has 7 nitrogen and oxygen atoms in total. The lowest BCUT2D eigenvalue weighted by molar-refractivity contribution is -0.119. The van der Waals surface area contributed by atoms with Crippen molar-refractivity contribution >= 4 is 29.2 Å². The first-order valence-corrected chi connectivity index (χ1v) is 7.78. The van der Waals surface area contributed by atoms with Gasteiger partial charge in [0.1, 0.15) is 18.5 Å². The maximum Gasteiger partial charge on any atom is 0.338 e. The first-order valence-electron chi connectivity index (χ1n) is 7.40. The van der Waals surface area contributed by atoms with E-state index in [2.05, 4.69) is 15.4 Å². The SMILES string of the molecule is O=C(COC(=O)c1ccc(-n2cncn2)cc1)Nc1ccc(F)c(Cl)c1. The highest BCUT2D eigenvalue weighted by molar-refractivity contribution is 6.31. The van der Waals surface area contributed by atoms with E-state index < -0.39 is 24.3 Å². The third kappa shape index (κ3) is 4.22. The lowest BCUT2D eigenvalue weighted by Crippen LogP contribution is -2.21. The van der Waals surface area contributed by atoms with Crippen LogP contribution in [0.4, 0.5) is 10.1 Å². The fraction of sp³-hybridized carbons (Fsp3) is 0.0588. The smallest absolute Gasteiger partial charge is 0.338 e. The fourth-order valence-corrected chi connectivity index (χ4v) is 2.26. The summed E-state index contributed by atoms with van der Waals surface area (Å²) < 4.78 is 19.6. The second kappa shape index (κ2) is 7.75. The van der Waals surface area contributed by atoms with Crippen LogP contribution in [0.15, 0.2) is 55.1 Å². The van der Waals surface area contributed by atoms with E-state index in [0.717, 1.165) is 11.8 Å². The average Bonchev–Trinajstić information content (AvgIpc) is 3.18. The number of aromatic nitrogens is 3. The fourth-order valence-electron chi connectivity index (χ4n) is 2.08. The Balaban J connectivity index is 1.54. The van der Waals surface area contributed by atoms with Gasteiger partial charge >= 0.3 is 5.97 Å². The molecule has 0 fully saturated rings. The van der Waals surface area contributed by atoms with Crippen LogP contribution in [0, 0.1) is 5.82 Å². The van der Waals surface area contributed by atoms with Crippen LogP contribution < -0.4 is 5.32 Å². The zero-order chi connectivity index (χ0) is 18.5. The van der Waals surface area contributed by atoms with E-state index in [9.17, 15) is 14.0 Å². The van der Waals surface area contributed by atoms with E-state index in [1.54, 1.807) is 24.3 Å². The Hall–Kier alpha value is -3.26. The maximum absolute atomic E-state index is 13.1. The van der Waals surface area contributed by atoms with Crippen molar-refractivity contribution in [2.45, 2.75) is 0 Å². The van der Waals surface area contributed by atoms with Gasteiger partial charge in [-0.1, -0.05) is 11.6 Å². The zero-order valence-electron chi connectivity index (χ0n) is 13.2. The van der Waals surface area contributed by atoms with Crippen LogP contribution in [0.5, 0.6) is 0 Å². The van der Waals surface area contributed by atoms with E-state index in [0.29, 0.717) is 5.69 Å². The molecule has 0 aliphatic carbocycles. The first-order chi connectivity index (χ1) is 12.5. The van der Waals surface area contributed by atoms with Crippen molar-refractivity contribution in [3.8, 4) is 5.69 Å². The summed E-state index contributed by atoms with van der Waals surface area (Å²) in [5, 5.41) is 6.32. The Morgan fingerprint density at radius 1 is 1.19 bits per heavy atom. The Kier molecular flexibility index (Phi) is 5.23. The molecule has 0 unspecified atom stereocenters. The second-order valence-electron chi connectivity index (χ2n) is 5.14. The number of amides is 1. The molecule has 0 atom stereocenters. The van der Waals surface area contributed by atoms with E-state index >= 15 is 0 Å². The molecule has 0 aliphatic heterocycles. The number of halogens is 2. The number of ether oxygens (including phenoxy) is 1. The Bertz CT molecular complexity index is 930. The molecular weight excluding hydrogens is 363 g/mol. The van der Waals surface area contributed by atoms with Crippen LogP contribution in [0.1, 0.15) is 10.4 Å². The van der Waals surface area contributed by atoms with Gasteiger partial charge in [-0.05, 0) is 42.5 Å². The predicted octanol–water partition coefficient (Wildman–Crippen LogP) is 2.86. The van der Waals surface area contributed by atoms with Crippen molar-refractivity contribution in [3.05, 3.63) is 71.5 Å². The predicted molar refractivity (Wildman–Crippen MR) is 91.7 cm³/mol. The van der Waals surface area contributed by atoms with Gasteiger partial charge in [0.05, 0.1) is 16.3 Å². The third-order valence-corrected chi connectivity index (χ3v) is 3.61. The van der Waals surface area contributed by atoms with Crippen molar-refractivity contribution in [2.75, 3.05) is 11.9 Å². The lowest BCUT2D eigenvalue weighted by atomic mass is 10.2. The van der Waals surface area contributed by atoms with E-state index in [-0.39, 0.29) is 10.6 Å². The summed E-state index contributed by atoms with van der Waals surface area (Å²) in [6.45, 7) is -0.487. The van der Waals surface area contributed by atoms with Crippen molar-refractivity contribution in [1.29, 1.82) is 0 Å². The third-order valence-electron chi connectivity index (χ3n) is 3.32. The molecule has 9 heteroatoms. The molecule has 0 saturated heterocycles. The monoisotopic (exact) mass is 374 g/mol. The van der Waals surface area contributed by atoms with Crippen LogP contribution in [-0.4, -0.2) is 33.2 Å². The number of nitrogens with one attached hydrogen (secondary N) is 1. The highest BCUT2D eigenvalue weighted by Gasteiger charge is 2.11. The quantitative estimate of drug-likeness (QED) is 0.694. The number of anilines is 1. The number of hydrogen-bond donors (Lipinski definition) is 1. The molecule has 1 aromatic heterocycles. The molecule has 0 aliphatic rings. The van der Waals surface area contributed by atoms with Crippen LogP contribution in [0.3, 0.4) is 0 Å². The average molecular weight is 375 g/mol. The van der Waals surface area contributed by atoms with Gasteiger partial charge in [0.25, 0.3) is 5.91 Å². The Labute approximate surface area is 152 Å². The first kappa shape index (κ1) is 17.6. The van der Waals surface area contributed by atoms with E-state index in [1.165, 1.54) is 29.5 Å². The number of carbonyl (C=O) groups is 2. The molecule has 0 saturated carbocycles. The molecule has 3 rings (SSSR count). The summed E-state index contributed by atoms with van der Waals surface area (Å²) in [7, 11) is 0. The number of hydrogen-bond acceptors (Lipinski definition) is 5. The van der Waals surface area contributed by atoms with E-state index in [1.807, 2.05) is 0 Å². The molecule has 0 radical (unpaired) electrons. The number of esters is 1. The molecule has 1 amide bonds. The molecule has 26 heavy (non-hydrogen) atoms. The van der Waals surface area contributed by atoms with Gasteiger partial charge in [0.2, 0.25) is 0 Å². The zero-order valence-corrected chi connectivity index (χ0v) is 14.0. The lowest BCUT2D eigenvalue weighted by Gasteiger charge is -2.08. The summed E-state index contributed by atoms with van der Waals surface area (Å²) in [4.78, 5) is 27.6. The highest BCUT2D eigenvalue weighted by atomic mass is 35.5. The van der Waals surface area contributed by atoms with Crippen LogP contribution in [-0.2, 0) is 9.53 Å². The van der Waals surface area contributed by atoms with Crippen molar-refractivity contribution in [1.82, 2.24) is 14.8 Å². The Morgan fingerprint density at radius 3 is 2.62 bits per heavy atom. The van der Waals surface area contributed by atoms with E-state index in [4.69, 9.17) is 16.3 Å². The topological polar surface area (TPSA) is 86.1 Å². The van der Waals surface area contributed by atoms with Gasteiger partial charge in [-0.2, -0.15) is 5.10 Å². The van der Waals surface area contributed by atoms with Crippen molar-refractivity contribution in [2.24, 2.45) is 0 Å². The molecule has 1 N–H and O–H groups in total. The molecule has 0 spiro atoms. The van der Waals surface area contributed by atoms with Gasteiger partial charge in [0, 0.05) is 5.69 Å². The van der Waals surface area contributed by atoms with Gasteiger partial charge in [-0.25, -0.2) is 18.9 Å². The molecular formula is C17H12ClFN4O3. The van der Waals surface area contributed by atoms with Crippen LogP contribution in [0.2, 0.25) is 5.02 Å². The summed E-state index contributed by atoms with van der Waals surface area (Å²) in [5.41, 5.74) is 1.31. The van der Waals surface area contributed by atoms with Crippen LogP contribution in [0.25, 0.3) is 5.69 Å². The van der Waals surface area contributed by atoms with Crippen LogP contribution >= 0.6 is 11.6 Å². The summed E-state index contributed by atoms with van der Waals surface area (Å²) >= 11 is 5.63.